The molecule has 0 aromatic carbocycles. The van der Waals surface area contributed by atoms with Crippen molar-refractivity contribution in [3.8, 4) is 0 Å². The second-order valence-electron chi connectivity index (χ2n) is 4.71. The summed E-state index contributed by atoms with van der Waals surface area (Å²) in [7, 11) is 0. The number of aliphatic hydroxyl groups is 1. The van der Waals surface area contributed by atoms with Crippen LogP contribution in [-0.2, 0) is 28.4 Å². The van der Waals surface area contributed by atoms with E-state index in [0.29, 0.717) is 72.7 Å². The van der Waals surface area contributed by atoms with Crippen molar-refractivity contribution < 1.29 is 33.5 Å². The highest BCUT2D eigenvalue weighted by Gasteiger charge is 1.95. The smallest absolute Gasteiger partial charge is 0.0703 e. The number of hydrogen-bond donors (Lipinski definition) is 1. The molecular weight excluding hydrogens is 292 g/mol. The van der Waals surface area contributed by atoms with Crippen molar-refractivity contribution in [1.82, 2.24) is 0 Å². The standard InChI is InChI=1S/C15H32O7/c1-15(2)22-14-13-21-12-11-20-10-9-19-8-7-18-6-5-17-4-3-16/h15-16H,3-14H2,1-2H3. The van der Waals surface area contributed by atoms with Crippen LogP contribution >= 0.6 is 0 Å². The van der Waals surface area contributed by atoms with Gasteiger partial charge in [-0.3, -0.25) is 0 Å². The van der Waals surface area contributed by atoms with Crippen molar-refractivity contribution in [2.24, 2.45) is 0 Å². The van der Waals surface area contributed by atoms with Crippen molar-refractivity contribution in [2.45, 2.75) is 20.0 Å². The van der Waals surface area contributed by atoms with Crippen LogP contribution in [0.2, 0.25) is 0 Å². The van der Waals surface area contributed by atoms with Gasteiger partial charge in [0, 0.05) is 0 Å². The van der Waals surface area contributed by atoms with Crippen LogP contribution in [0.3, 0.4) is 0 Å². The van der Waals surface area contributed by atoms with Gasteiger partial charge in [-0.2, -0.15) is 0 Å². The highest BCUT2D eigenvalue weighted by atomic mass is 16.6. The molecule has 0 fully saturated rings. The quantitative estimate of drug-likeness (QED) is 0.368. The summed E-state index contributed by atoms with van der Waals surface area (Å²) in [6, 6.07) is 0. The van der Waals surface area contributed by atoms with Crippen LogP contribution in [-0.4, -0.2) is 90.5 Å². The minimum absolute atomic E-state index is 0.0415. The Balaban J connectivity index is 2.94. The van der Waals surface area contributed by atoms with E-state index in [0.717, 1.165) is 0 Å². The average Bonchev–Trinajstić information content (AvgIpc) is 2.50. The molecule has 0 aliphatic carbocycles. The zero-order valence-corrected chi connectivity index (χ0v) is 14.0. The van der Waals surface area contributed by atoms with Gasteiger partial charge in [0.1, 0.15) is 0 Å². The lowest BCUT2D eigenvalue weighted by Gasteiger charge is -2.09. The zero-order valence-electron chi connectivity index (χ0n) is 14.0. The number of ether oxygens (including phenoxy) is 6. The Morgan fingerprint density at radius 3 is 1.18 bits per heavy atom. The topological polar surface area (TPSA) is 75.6 Å². The maximum absolute atomic E-state index is 8.49. The van der Waals surface area contributed by atoms with Gasteiger partial charge in [-0.15, -0.1) is 0 Å². The first kappa shape index (κ1) is 21.7. The van der Waals surface area contributed by atoms with Crippen molar-refractivity contribution in [3.63, 3.8) is 0 Å². The van der Waals surface area contributed by atoms with Gasteiger partial charge in [0.2, 0.25) is 0 Å². The molecule has 0 bridgehead atoms. The molecule has 1 N–H and O–H groups in total. The summed E-state index contributed by atoms with van der Waals surface area (Å²) in [4.78, 5) is 0. The Morgan fingerprint density at radius 2 is 0.864 bits per heavy atom. The molecule has 0 spiro atoms. The van der Waals surface area contributed by atoms with Gasteiger partial charge in [0.05, 0.1) is 85.4 Å². The molecule has 0 aliphatic rings. The fourth-order valence-corrected chi connectivity index (χ4v) is 1.39. The van der Waals surface area contributed by atoms with Crippen LogP contribution < -0.4 is 0 Å². The van der Waals surface area contributed by atoms with E-state index in [1.165, 1.54) is 0 Å². The van der Waals surface area contributed by atoms with Crippen molar-refractivity contribution in [2.75, 3.05) is 79.3 Å². The summed E-state index contributed by atoms with van der Waals surface area (Å²) < 4.78 is 31.7. The molecule has 0 aromatic rings. The molecule has 0 aromatic heterocycles. The number of rotatable bonds is 18. The first-order valence-electron chi connectivity index (χ1n) is 7.88. The Morgan fingerprint density at radius 1 is 0.545 bits per heavy atom. The zero-order chi connectivity index (χ0) is 16.3. The van der Waals surface area contributed by atoms with E-state index < -0.39 is 0 Å². The molecule has 134 valence electrons. The highest BCUT2D eigenvalue weighted by Crippen LogP contribution is 1.88. The van der Waals surface area contributed by atoms with Crippen LogP contribution in [0.1, 0.15) is 13.8 Å². The third-order valence-electron chi connectivity index (χ3n) is 2.40. The predicted octanol–water partition coefficient (Wildman–Crippen LogP) is 0.487. The minimum Gasteiger partial charge on any atom is -0.394 e. The van der Waals surface area contributed by atoms with E-state index >= 15 is 0 Å². The first-order valence-corrected chi connectivity index (χ1v) is 7.88. The van der Waals surface area contributed by atoms with Gasteiger partial charge in [-0.25, -0.2) is 0 Å². The largest absolute Gasteiger partial charge is 0.394 e. The van der Waals surface area contributed by atoms with E-state index in [1.807, 2.05) is 13.8 Å². The summed E-state index contributed by atoms with van der Waals surface area (Å²) in [6.07, 6.45) is 0.244. The van der Waals surface area contributed by atoms with Gasteiger partial charge in [0.15, 0.2) is 0 Å². The van der Waals surface area contributed by atoms with Crippen LogP contribution in [0, 0.1) is 0 Å². The molecule has 0 amide bonds. The number of hydrogen-bond acceptors (Lipinski definition) is 7. The third kappa shape index (κ3) is 19.7. The third-order valence-corrected chi connectivity index (χ3v) is 2.40. The van der Waals surface area contributed by atoms with Crippen LogP contribution in [0.5, 0.6) is 0 Å². The fourth-order valence-electron chi connectivity index (χ4n) is 1.39. The molecule has 7 nitrogen and oxygen atoms in total. The monoisotopic (exact) mass is 324 g/mol. The maximum Gasteiger partial charge on any atom is 0.0703 e. The van der Waals surface area contributed by atoms with E-state index in [4.69, 9.17) is 33.5 Å². The van der Waals surface area contributed by atoms with Gasteiger partial charge < -0.3 is 33.5 Å². The lowest BCUT2D eigenvalue weighted by Crippen LogP contribution is -2.15. The molecule has 7 heteroatoms. The minimum atomic E-state index is 0.0415. The maximum atomic E-state index is 8.49. The molecule has 0 rings (SSSR count). The van der Waals surface area contributed by atoms with Gasteiger partial charge >= 0.3 is 0 Å². The van der Waals surface area contributed by atoms with E-state index in [1.54, 1.807) is 0 Å². The van der Waals surface area contributed by atoms with Crippen molar-refractivity contribution in [3.05, 3.63) is 0 Å². The van der Waals surface area contributed by atoms with E-state index in [2.05, 4.69) is 0 Å². The Labute approximate surface area is 133 Å². The molecule has 0 saturated carbocycles. The van der Waals surface area contributed by atoms with Gasteiger partial charge in [-0.1, -0.05) is 0 Å². The van der Waals surface area contributed by atoms with Crippen LogP contribution in [0.4, 0.5) is 0 Å². The SMILES string of the molecule is CC(C)OCCOCCOCCOCCOCCOCCO. The number of aliphatic hydroxyl groups excluding tert-OH is 1. The summed E-state index contributed by atoms with van der Waals surface area (Å²) >= 11 is 0. The first-order chi connectivity index (χ1) is 10.8. The normalized spacial score (nSPS) is 11.5. The molecule has 0 atom stereocenters. The molecule has 0 unspecified atom stereocenters. The average molecular weight is 324 g/mol. The molecule has 0 saturated heterocycles. The second kappa shape index (κ2) is 18.8. The predicted molar refractivity (Wildman–Crippen MR) is 82.3 cm³/mol. The second-order valence-corrected chi connectivity index (χ2v) is 4.71. The molecule has 0 aliphatic heterocycles. The van der Waals surface area contributed by atoms with Gasteiger partial charge in [0.25, 0.3) is 0 Å². The summed E-state index contributed by atoms with van der Waals surface area (Å²) in [5, 5.41) is 8.49. The summed E-state index contributed by atoms with van der Waals surface area (Å²) in [5.41, 5.74) is 0. The molecular formula is C15H32O7. The van der Waals surface area contributed by atoms with E-state index in [9.17, 15) is 0 Å². The van der Waals surface area contributed by atoms with Crippen molar-refractivity contribution in [1.29, 1.82) is 0 Å². The summed E-state index contributed by atoms with van der Waals surface area (Å²) in [5.74, 6) is 0. The Hall–Kier alpha value is -0.280. The van der Waals surface area contributed by atoms with Crippen molar-refractivity contribution >= 4 is 0 Å². The summed E-state index contributed by atoms with van der Waals surface area (Å²) in [6.45, 7) is 9.89. The highest BCUT2D eigenvalue weighted by molar-refractivity contribution is 4.38. The van der Waals surface area contributed by atoms with E-state index in [-0.39, 0.29) is 12.7 Å². The lowest BCUT2D eigenvalue weighted by atomic mass is 10.5. The van der Waals surface area contributed by atoms with Gasteiger partial charge in [-0.05, 0) is 13.8 Å². The Kier molecular flexibility index (Phi) is 18.5. The fraction of sp³-hybridized carbons (Fsp3) is 1.00. The lowest BCUT2D eigenvalue weighted by molar-refractivity contribution is -0.0222. The Bertz CT molecular complexity index is 202. The molecule has 0 heterocycles. The van der Waals surface area contributed by atoms with Crippen LogP contribution in [0.25, 0.3) is 0 Å². The molecule has 22 heavy (non-hydrogen) atoms. The molecule has 0 radical (unpaired) electrons. The van der Waals surface area contributed by atoms with Crippen LogP contribution in [0.15, 0.2) is 0 Å².